The van der Waals surface area contributed by atoms with E-state index in [1.54, 1.807) is 7.05 Å². The van der Waals surface area contributed by atoms with Crippen LogP contribution in [-0.2, 0) is 11.3 Å². The Hall–Kier alpha value is -1.69. The molecule has 1 amide bonds. The van der Waals surface area contributed by atoms with Crippen LogP contribution < -0.4 is 10.6 Å². The fourth-order valence-corrected chi connectivity index (χ4v) is 1.78. The van der Waals surface area contributed by atoms with Crippen LogP contribution in [0.2, 0.25) is 0 Å². The van der Waals surface area contributed by atoms with Crippen LogP contribution in [0.1, 0.15) is 31.3 Å². The maximum Gasteiger partial charge on any atom is 0.221 e. The molecule has 6 nitrogen and oxygen atoms in total. The minimum absolute atomic E-state index is 0.0484. The number of nitrogens with zero attached hydrogens (tertiary/aromatic N) is 3. The zero-order valence-corrected chi connectivity index (χ0v) is 12.9. The lowest BCUT2D eigenvalue weighted by Crippen LogP contribution is -2.27. The number of aryl methyl sites for hydroxylation is 1. The van der Waals surface area contributed by atoms with Gasteiger partial charge in [-0.1, -0.05) is 6.92 Å². The lowest BCUT2D eigenvalue weighted by atomic mass is 10.3. The van der Waals surface area contributed by atoms with Crippen molar-refractivity contribution in [3.8, 4) is 0 Å². The smallest absolute Gasteiger partial charge is 0.221 e. The lowest BCUT2D eigenvalue weighted by molar-refractivity contribution is -0.120. The maximum atomic E-state index is 11.2. The number of carbonyl (C=O) groups is 1. The molecule has 0 aliphatic rings. The first kappa shape index (κ1) is 16.4. The molecule has 2 N–H and O–H groups in total. The van der Waals surface area contributed by atoms with Gasteiger partial charge >= 0.3 is 0 Å². The minimum Gasteiger partial charge on any atom is -0.370 e. The molecule has 0 fully saturated rings. The Morgan fingerprint density at radius 3 is 2.80 bits per heavy atom. The first-order valence-corrected chi connectivity index (χ1v) is 7.02. The summed E-state index contributed by atoms with van der Waals surface area (Å²) in [7, 11) is 3.62. The fourth-order valence-electron chi connectivity index (χ4n) is 1.78. The standard InChI is InChI=1S/C14H25N5O/c1-5-7-16-12-9-11(2)17-13(18-12)10-19(4)8-6-14(20)15-3/h9H,5-8,10H2,1-4H3,(H,15,20)(H,16,17,18). The van der Waals surface area contributed by atoms with Gasteiger partial charge < -0.3 is 10.6 Å². The molecule has 1 aromatic heterocycles. The summed E-state index contributed by atoms with van der Waals surface area (Å²) in [6, 6.07) is 1.95. The van der Waals surface area contributed by atoms with E-state index in [2.05, 4.69) is 27.5 Å². The summed E-state index contributed by atoms with van der Waals surface area (Å²) in [6.07, 6.45) is 1.55. The van der Waals surface area contributed by atoms with Crippen molar-refractivity contribution in [2.75, 3.05) is 32.5 Å². The van der Waals surface area contributed by atoms with Crippen molar-refractivity contribution in [3.63, 3.8) is 0 Å². The number of hydrogen-bond acceptors (Lipinski definition) is 5. The molecule has 0 unspecified atom stereocenters. The van der Waals surface area contributed by atoms with Gasteiger partial charge in [-0.25, -0.2) is 9.97 Å². The highest BCUT2D eigenvalue weighted by Gasteiger charge is 2.07. The zero-order chi connectivity index (χ0) is 15.0. The summed E-state index contributed by atoms with van der Waals surface area (Å²) in [5.41, 5.74) is 0.952. The summed E-state index contributed by atoms with van der Waals surface area (Å²) < 4.78 is 0. The average molecular weight is 279 g/mol. The van der Waals surface area contributed by atoms with E-state index in [4.69, 9.17) is 0 Å². The van der Waals surface area contributed by atoms with Gasteiger partial charge in [-0.05, 0) is 20.4 Å². The largest absolute Gasteiger partial charge is 0.370 e. The van der Waals surface area contributed by atoms with Gasteiger partial charge in [0.2, 0.25) is 5.91 Å². The van der Waals surface area contributed by atoms with Gasteiger partial charge in [-0.15, -0.1) is 0 Å². The van der Waals surface area contributed by atoms with Crippen LogP contribution in [0.15, 0.2) is 6.07 Å². The van der Waals surface area contributed by atoms with Gasteiger partial charge in [0.1, 0.15) is 11.6 Å². The van der Waals surface area contributed by atoms with Crippen molar-refractivity contribution in [1.82, 2.24) is 20.2 Å². The molecule has 0 spiro atoms. The second-order valence-corrected chi connectivity index (χ2v) is 4.90. The van der Waals surface area contributed by atoms with E-state index >= 15 is 0 Å². The highest BCUT2D eigenvalue weighted by atomic mass is 16.1. The first-order valence-electron chi connectivity index (χ1n) is 7.02. The molecule has 0 saturated carbocycles. The van der Waals surface area contributed by atoms with Crippen molar-refractivity contribution in [1.29, 1.82) is 0 Å². The second kappa shape index (κ2) is 8.47. The van der Waals surface area contributed by atoms with E-state index < -0.39 is 0 Å². The Morgan fingerprint density at radius 2 is 2.15 bits per heavy atom. The van der Waals surface area contributed by atoms with E-state index in [0.717, 1.165) is 30.3 Å². The predicted octanol–water partition coefficient (Wildman–Crippen LogP) is 1.17. The van der Waals surface area contributed by atoms with Crippen LogP contribution in [0.4, 0.5) is 5.82 Å². The minimum atomic E-state index is 0.0484. The van der Waals surface area contributed by atoms with Crippen molar-refractivity contribution < 1.29 is 4.79 Å². The highest BCUT2D eigenvalue weighted by molar-refractivity contribution is 5.75. The van der Waals surface area contributed by atoms with Crippen LogP contribution in [-0.4, -0.2) is 48.0 Å². The number of carbonyl (C=O) groups excluding carboxylic acids is 1. The Balaban J connectivity index is 2.57. The molecule has 0 aromatic carbocycles. The Labute approximate surface area is 121 Å². The van der Waals surface area contributed by atoms with E-state index in [9.17, 15) is 4.79 Å². The SMILES string of the molecule is CCCNc1cc(C)nc(CN(C)CCC(=O)NC)n1. The molecule has 1 rings (SSSR count). The average Bonchev–Trinajstić information content (AvgIpc) is 2.41. The zero-order valence-electron chi connectivity index (χ0n) is 12.9. The molecule has 1 aromatic rings. The fraction of sp³-hybridized carbons (Fsp3) is 0.643. The van der Waals surface area contributed by atoms with Crippen molar-refractivity contribution in [2.24, 2.45) is 0 Å². The van der Waals surface area contributed by atoms with Gasteiger partial charge in [0, 0.05) is 38.3 Å². The van der Waals surface area contributed by atoms with E-state index in [1.807, 2.05) is 24.9 Å². The Morgan fingerprint density at radius 1 is 1.40 bits per heavy atom. The number of aromatic nitrogens is 2. The molecule has 0 aliphatic heterocycles. The van der Waals surface area contributed by atoms with E-state index in [-0.39, 0.29) is 5.91 Å². The molecular formula is C14H25N5O. The predicted molar refractivity (Wildman–Crippen MR) is 80.6 cm³/mol. The van der Waals surface area contributed by atoms with Crippen molar-refractivity contribution in [3.05, 3.63) is 17.6 Å². The molecule has 0 atom stereocenters. The summed E-state index contributed by atoms with van der Waals surface area (Å²) in [4.78, 5) is 22.2. The monoisotopic (exact) mass is 279 g/mol. The summed E-state index contributed by atoms with van der Waals surface area (Å²) >= 11 is 0. The van der Waals surface area contributed by atoms with E-state index in [1.165, 1.54) is 0 Å². The van der Waals surface area contributed by atoms with Gasteiger partial charge in [-0.3, -0.25) is 9.69 Å². The quantitative estimate of drug-likeness (QED) is 0.747. The van der Waals surface area contributed by atoms with Crippen LogP contribution in [0.5, 0.6) is 0 Å². The molecule has 0 bridgehead atoms. The molecule has 1 heterocycles. The third-order valence-corrected chi connectivity index (χ3v) is 2.87. The third kappa shape index (κ3) is 5.97. The molecule has 20 heavy (non-hydrogen) atoms. The highest BCUT2D eigenvalue weighted by Crippen LogP contribution is 2.08. The third-order valence-electron chi connectivity index (χ3n) is 2.87. The van der Waals surface area contributed by atoms with Gasteiger partial charge in [0.25, 0.3) is 0 Å². The topological polar surface area (TPSA) is 70.2 Å². The van der Waals surface area contributed by atoms with E-state index in [0.29, 0.717) is 19.5 Å². The molecular weight excluding hydrogens is 254 g/mol. The number of nitrogens with one attached hydrogen (secondary N) is 2. The normalized spacial score (nSPS) is 10.7. The van der Waals surface area contributed by atoms with Crippen LogP contribution in [0, 0.1) is 6.92 Å². The van der Waals surface area contributed by atoms with Crippen molar-refractivity contribution in [2.45, 2.75) is 33.2 Å². The molecule has 112 valence electrons. The number of rotatable bonds is 8. The number of hydrogen-bond donors (Lipinski definition) is 2. The second-order valence-electron chi connectivity index (χ2n) is 4.90. The Bertz CT molecular complexity index is 436. The first-order chi connectivity index (χ1) is 9.55. The maximum absolute atomic E-state index is 11.2. The van der Waals surface area contributed by atoms with Crippen LogP contribution >= 0.6 is 0 Å². The molecule has 0 saturated heterocycles. The molecule has 0 aliphatic carbocycles. The Kier molecular flexibility index (Phi) is 6.93. The van der Waals surface area contributed by atoms with Crippen molar-refractivity contribution >= 4 is 11.7 Å². The molecule has 6 heteroatoms. The lowest BCUT2D eigenvalue weighted by Gasteiger charge is -2.16. The molecule has 0 radical (unpaired) electrons. The summed E-state index contributed by atoms with van der Waals surface area (Å²) in [5, 5.41) is 5.89. The van der Waals surface area contributed by atoms with Gasteiger partial charge in [-0.2, -0.15) is 0 Å². The van der Waals surface area contributed by atoms with Gasteiger partial charge in [0.05, 0.1) is 6.54 Å². The number of anilines is 1. The summed E-state index contributed by atoms with van der Waals surface area (Å²) in [6.45, 7) is 6.32. The van der Waals surface area contributed by atoms with Crippen LogP contribution in [0.25, 0.3) is 0 Å². The van der Waals surface area contributed by atoms with Gasteiger partial charge in [0.15, 0.2) is 0 Å². The van der Waals surface area contributed by atoms with Crippen LogP contribution in [0.3, 0.4) is 0 Å². The number of amides is 1. The summed E-state index contributed by atoms with van der Waals surface area (Å²) in [5.74, 6) is 1.70.